The van der Waals surface area contributed by atoms with Crippen molar-refractivity contribution in [1.82, 2.24) is 14.8 Å². The van der Waals surface area contributed by atoms with E-state index in [-0.39, 0.29) is 36.3 Å². The minimum absolute atomic E-state index is 0.0692. The van der Waals surface area contributed by atoms with Gasteiger partial charge in [0.2, 0.25) is 5.91 Å². The molecule has 1 saturated heterocycles. The Kier molecular flexibility index (Phi) is 10.4. The van der Waals surface area contributed by atoms with Crippen molar-refractivity contribution in [2.24, 2.45) is 0 Å². The van der Waals surface area contributed by atoms with E-state index in [9.17, 15) is 9.18 Å². The number of piperidine rings is 1. The Morgan fingerprint density at radius 2 is 2.06 bits per heavy atom. The van der Waals surface area contributed by atoms with Crippen LogP contribution in [-0.2, 0) is 27.2 Å². The van der Waals surface area contributed by atoms with Crippen LogP contribution in [0.3, 0.4) is 0 Å². The summed E-state index contributed by atoms with van der Waals surface area (Å²) in [4.78, 5) is 15.8. The fourth-order valence-corrected chi connectivity index (χ4v) is 4.94. The molecule has 196 valence electrons. The first-order valence-corrected chi connectivity index (χ1v) is 12.8. The minimum Gasteiger partial charge on any atom is -0.488 e. The molecule has 7 nitrogen and oxygen atoms in total. The summed E-state index contributed by atoms with van der Waals surface area (Å²) < 4.78 is 33.3. The molecule has 0 bridgehead atoms. The highest BCUT2D eigenvalue weighted by Crippen LogP contribution is 2.35. The lowest BCUT2D eigenvalue weighted by Crippen LogP contribution is -2.52. The van der Waals surface area contributed by atoms with E-state index in [1.165, 1.54) is 12.1 Å². The van der Waals surface area contributed by atoms with Crippen LogP contribution in [0.5, 0.6) is 5.75 Å². The molecule has 1 N–H and O–H groups in total. The first-order chi connectivity index (χ1) is 16.9. The van der Waals surface area contributed by atoms with Crippen molar-refractivity contribution in [3.8, 4) is 5.75 Å². The topological polar surface area (TPSA) is 65.0 Å². The first kappa shape index (κ1) is 27.4. The molecular formula is C27H42FN3O4. The van der Waals surface area contributed by atoms with Gasteiger partial charge in [0.15, 0.2) is 0 Å². The van der Waals surface area contributed by atoms with Crippen LogP contribution in [0.15, 0.2) is 18.2 Å². The maximum absolute atomic E-state index is 14.3. The molecule has 0 radical (unpaired) electrons. The van der Waals surface area contributed by atoms with Gasteiger partial charge in [0.05, 0.1) is 23.7 Å². The van der Waals surface area contributed by atoms with Gasteiger partial charge >= 0.3 is 0 Å². The molecule has 1 aliphatic rings. The van der Waals surface area contributed by atoms with Crippen LogP contribution in [0.25, 0.3) is 10.9 Å². The van der Waals surface area contributed by atoms with Crippen molar-refractivity contribution in [1.29, 1.82) is 0 Å². The summed E-state index contributed by atoms with van der Waals surface area (Å²) >= 11 is 0. The largest absolute Gasteiger partial charge is 0.488 e. The lowest BCUT2D eigenvalue weighted by atomic mass is 10.0. The number of unbranched alkanes of at least 4 members (excludes halogenated alkanes) is 1. The molecule has 3 rings (SSSR count). The van der Waals surface area contributed by atoms with Gasteiger partial charge in [0.25, 0.3) is 0 Å². The summed E-state index contributed by atoms with van der Waals surface area (Å²) in [6.07, 6.45) is 3.90. The number of aromatic nitrogens is 1. The van der Waals surface area contributed by atoms with Crippen molar-refractivity contribution >= 4 is 16.8 Å². The molecule has 1 unspecified atom stereocenters. The normalized spacial score (nSPS) is 17.2. The quantitative estimate of drug-likeness (QED) is 0.427. The maximum atomic E-state index is 14.3. The highest BCUT2D eigenvalue weighted by molar-refractivity contribution is 5.91. The number of methoxy groups -OCH3 is 2. The average molecular weight is 492 g/mol. The molecule has 2 heterocycles. The molecule has 1 fully saturated rings. The number of halogens is 1. The molecule has 1 amide bonds. The number of rotatable bonds is 13. The smallest absolute Gasteiger partial charge is 0.229 e. The predicted octanol–water partition coefficient (Wildman–Crippen LogP) is 4.15. The predicted molar refractivity (Wildman–Crippen MR) is 137 cm³/mol. The molecule has 0 aliphatic carbocycles. The molecule has 0 saturated carbocycles. The molecule has 0 spiro atoms. The van der Waals surface area contributed by atoms with E-state index in [4.69, 9.17) is 14.2 Å². The minimum atomic E-state index is -0.325. The highest BCUT2D eigenvalue weighted by Gasteiger charge is 2.30. The highest BCUT2D eigenvalue weighted by atomic mass is 19.1. The molecule has 1 aliphatic heterocycles. The molecule has 2 atom stereocenters. The van der Waals surface area contributed by atoms with Gasteiger partial charge in [-0.15, -0.1) is 0 Å². The lowest BCUT2D eigenvalue weighted by molar-refractivity contribution is -0.135. The second-order valence-electron chi connectivity index (χ2n) is 9.72. The number of hydrogen-bond acceptors (Lipinski definition) is 5. The fraction of sp³-hybridized carbons (Fsp3) is 0.667. The summed E-state index contributed by atoms with van der Waals surface area (Å²) in [6.45, 7) is 9.55. The molecular weight excluding hydrogens is 449 g/mol. The van der Waals surface area contributed by atoms with E-state index in [0.29, 0.717) is 30.9 Å². The zero-order valence-corrected chi connectivity index (χ0v) is 21.9. The number of amides is 1. The van der Waals surface area contributed by atoms with Crippen LogP contribution in [-0.4, -0.2) is 74.1 Å². The number of fused-ring (bicyclic) bond motifs is 1. The molecule has 35 heavy (non-hydrogen) atoms. The summed E-state index contributed by atoms with van der Waals surface area (Å²) in [5.74, 6) is 0.322. The fourth-order valence-electron chi connectivity index (χ4n) is 4.94. The van der Waals surface area contributed by atoms with Gasteiger partial charge in [-0.25, -0.2) is 4.39 Å². The standard InChI is InChI=1S/C27H42FN3O4/c1-19(2)31(22-9-8-12-29-17-22)26(32)16-25-27(35-18-20(3)34-5)23-15-21(28)10-11-24(23)30(25)13-6-7-14-33-4/h10-11,15,19-20,22,29H,6-9,12-14,16-18H2,1-5H3/t20?,22-/m1/s1. The van der Waals surface area contributed by atoms with Gasteiger partial charge in [-0.1, -0.05) is 0 Å². The lowest BCUT2D eigenvalue weighted by Gasteiger charge is -2.38. The van der Waals surface area contributed by atoms with Gasteiger partial charge in [-0.05, 0) is 71.2 Å². The van der Waals surface area contributed by atoms with E-state index in [2.05, 4.69) is 23.7 Å². The van der Waals surface area contributed by atoms with Gasteiger partial charge < -0.3 is 29.0 Å². The second kappa shape index (κ2) is 13.2. The number of carbonyl (C=O) groups excluding carboxylic acids is 1. The average Bonchev–Trinajstić information content (AvgIpc) is 3.11. The molecule has 2 aromatic rings. The molecule has 1 aromatic carbocycles. The van der Waals surface area contributed by atoms with E-state index < -0.39 is 0 Å². The van der Waals surface area contributed by atoms with Gasteiger partial charge in [-0.2, -0.15) is 0 Å². The molecule has 8 heteroatoms. The van der Waals surface area contributed by atoms with E-state index in [1.54, 1.807) is 20.3 Å². The van der Waals surface area contributed by atoms with Crippen LogP contribution in [0.4, 0.5) is 4.39 Å². The summed E-state index contributed by atoms with van der Waals surface area (Å²) in [7, 11) is 3.33. The number of hydrogen-bond donors (Lipinski definition) is 1. The summed E-state index contributed by atoms with van der Waals surface area (Å²) in [5.41, 5.74) is 1.67. The third-order valence-corrected chi connectivity index (χ3v) is 6.75. The monoisotopic (exact) mass is 491 g/mol. The van der Waals surface area contributed by atoms with Gasteiger partial charge in [0.1, 0.15) is 18.2 Å². The van der Waals surface area contributed by atoms with Crippen LogP contribution >= 0.6 is 0 Å². The summed E-state index contributed by atoms with van der Waals surface area (Å²) in [5, 5.41) is 4.12. The number of aryl methyl sites for hydroxylation is 1. The van der Waals surface area contributed by atoms with Crippen LogP contribution in [0.2, 0.25) is 0 Å². The first-order valence-electron chi connectivity index (χ1n) is 12.8. The van der Waals surface area contributed by atoms with Gasteiger partial charge in [-0.3, -0.25) is 4.79 Å². The SMILES string of the molecule is COCCCCn1c(CC(=O)N(C(C)C)[C@@H]2CCCNC2)c(OCC(C)OC)c2cc(F)ccc21. The van der Waals surface area contributed by atoms with Crippen molar-refractivity contribution in [2.75, 3.05) is 40.5 Å². The third kappa shape index (κ3) is 6.96. The number of ether oxygens (including phenoxy) is 3. The van der Waals surface area contributed by atoms with Crippen molar-refractivity contribution in [3.63, 3.8) is 0 Å². The van der Waals surface area contributed by atoms with E-state index >= 15 is 0 Å². The Hall–Kier alpha value is -2.16. The Bertz CT molecular complexity index is 956. The Balaban J connectivity index is 2.00. The van der Waals surface area contributed by atoms with Crippen molar-refractivity contribution in [3.05, 3.63) is 29.7 Å². The molecule has 1 aromatic heterocycles. The van der Waals surface area contributed by atoms with Crippen LogP contribution in [0, 0.1) is 5.82 Å². The third-order valence-electron chi connectivity index (χ3n) is 6.75. The Morgan fingerprint density at radius 3 is 2.71 bits per heavy atom. The maximum Gasteiger partial charge on any atom is 0.229 e. The summed E-state index contributed by atoms with van der Waals surface area (Å²) in [6, 6.07) is 5.02. The van der Waals surface area contributed by atoms with Crippen LogP contribution in [0.1, 0.15) is 52.1 Å². The zero-order valence-electron chi connectivity index (χ0n) is 21.9. The number of benzene rings is 1. The number of carbonyl (C=O) groups is 1. The zero-order chi connectivity index (χ0) is 25.4. The number of nitrogens with zero attached hydrogens (tertiary/aromatic N) is 2. The van der Waals surface area contributed by atoms with Crippen LogP contribution < -0.4 is 10.1 Å². The van der Waals surface area contributed by atoms with Crippen molar-refractivity contribution < 1.29 is 23.4 Å². The van der Waals surface area contributed by atoms with E-state index in [1.807, 2.05) is 11.8 Å². The van der Waals surface area contributed by atoms with E-state index in [0.717, 1.165) is 50.0 Å². The Morgan fingerprint density at radius 1 is 1.26 bits per heavy atom. The van der Waals surface area contributed by atoms with Crippen molar-refractivity contribution in [2.45, 2.75) is 77.6 Å². The Labute approximate surface area is 208 Å². The second-order valence-corrected chi connectivity index (χ2v) is 9.72. The van der Waals surface area contributed by atoms with Gasteiger partial charge in [0, 0.05) is 51.4 Å². The number of nitrogens with one attached hydrogen (secondary N) is 1.